The Morgan fingerprint density at radius 3 is 1.42 bits per heavy atom. The molecule has 0 bridgehead atoms. The van der Waals surface area contributed by atoms with E-state index in [1.807, 2.05) is 0 Å². The Labute approximate surface area is 453 Å². The van der Waals surface area contributed by atoms with Crippen molar-refractivity contribution in [3.63, 3.8) is 0 Å². The summed E-state index contributed by atoms with van der Waals surface area (Å²) in [6.07, 6.45) is -8.25. The Hall–Kier alpha value is -5.95. The van der Waals surface area contributed by atoms with Crippen LogP contribution >= 0.6 is 0 Å². The van der Waals surface area contributed by atoms with Crippen LogP contribution in [0.2, 0.25) is 0 Å². The standard InChI is InChI=1S/C46H78N14O19/c1-26(63)52-29(10-12-33(64)50-20-27-22-59(57-55-27)16-18-76-45-41(72)39(70)37(68)31(24-61)78-45)43(74)48-14-6-2-4-8-35(66)53-30(44(75)49-15-7-3-5-9-36(67)54-47)11-13-34(65)51-21-28-23-60(58-56-28)17-19-77-46-42(73)40(71)38(69)32(25-62)79-46/h22-23,29-32,37-42,45-46,61-62,68-73H,2-21,24-25,47H2,1H3,(H,48,74)(H,49,75)(H,50,64)(H,51,65)(H,52,63)(H,53,66)(H,54,67)/t29?,30?,31-,32-,37-,38-,39+,40+,41+,42+,45+,46+/m1/s1. The molecule has 2 aliphatic heterocycles. The van der Waals surface area contributed by atoms with Crippen molar-refractivity contribution in [3.8, 4) is 0 Å². The van der Waals surface area contributed by atoms with Crippen molar-refractivity contribution in [2.24, 2.45) is 5.84 Å². The summed E-state index contributed by atoms with van der Waals surface area (Å²) in [5.74, 6) is 1.97. The first-order chi connectivity index (χ1) is 37.8. The smallest absolute Gasteiger partial charge is 0.242 e. The molecule has 4 heterocycles. The minimum atomic E-state index is -1.59. The molecule has 2 aromatic rings. The lowest BCUT2D eigenvalue weighted by Gasteiger charge is -2.39. The second kappa shape index (κ2) is 34.9. The molecule has 17 N–H and O–H groups in total. The minimum Gasteiger partial charge on any atom is -0.394 e. The van der Waals surface area contributed by atoms with E-state index in [9.17, 15) is 74.4 Å². The van der Waals surface area contributed by atoms with Crippen molar-refractivity contribution in [3.05, 3.63) is 23.8 Å². The third kappa shape index (κ3) is 23.0. The number of aromatic nitrogens is 6. The second-order valence-corrected chi connectivity index (χ2v) is 18.9. The summed E-state index contributed by atoms with van der Waals surface area (Å²) in [4.78, 5) is 88.3. The number of ether oxygens (including phenoxy) is 4. The van der Waals surface area contributed by atoms with Crippen LogP contribution in [-0.4, -0.2) is 225 Å². The normalized spacial score (nSPS) is 23.7. The first-order valence-electron chi connectivity index (χ1n) is 26.1. The summed E-state index contributed by atoms with van der Waals surface area (Å²) in [5, 5.41) is 111. The van der Waals surface area contributed by atoms with Crippen molar-refractivity contribution >= 4 is 41.4 Å². The van der Waals surface area contributed by atoms with Crippen LogP contribution in [0.5, 0.6) is 0 Å². The highest BCUT2D eigenvalue weighted by Crippen LogP contribution is 2.23. The number of nitrogens with one attached hydrogen (secondary N) is 7. The van der Waals surface area contributed by atoms with E-state index in [0.29, 0.717) is 49.9 Å². The molecular formula is C46H78N14O19. The Morgan fingerprint density at radius 1 is 0.570 bits per heavy atom. The van der Waals surface area contributed by atoms with Crippen molar-refractivity contribution in [2.75, 3.05) is 39.5 Å². The number of hydrogen-bond donors (Lipinski definition) is 16. The molecule has 446 valence electrons. The van der Waals surface area contributed by atoms with Crippen LogP contribution < -0.4 is 43.2 Å². The number of carbonyl (C=O) groups excluding carboxylic acids is 7. The minimum absolute atomic E-state index is 0.0105. The first-order valence-corrected chi connectivity index (χ1v) is 26.1. The summed E-state index contributed by atoms with van der Waals surface area (Å²) >= 11 is 0. The van der Waals surface area contributed by atoms with Gasteiger partial charge >= 0.3 is 0 Å². The predicted octanol–water partition coefficient (Wildman–Crippen LogP) is -7.67. The van der Waals surface area contributed by atoms with E-state index in [0.717, 1.165) is 0 Å². The quantitative estimate of drug-likeness (QED) is 0.0130. The zero-order valence-electron chi connectivity index (χ0n) is 44.0. The fraction of sp³-hybridized carbons (Fsp3) is 0.761. The summed E-state index contributed by atoms with van der Waals surface area (Å²) in [5.41, 5.74) is 2.82. The van der Waals surface area contributed by atoms with Gasteiger partial charge < -0.3 is 91.7 Å². The van der Waals surface area contributed by atoms with E-state index >= 15 is 0 Å². The van der Waals surface area contributed by atoms with Crippen LogP contribution in [0.3, 0.4) is 0 Å². The van der Waals surface area contributed by atoms with E-state index in [-0.39, 0.29) is 96.9 Å². The van der Waals surface area contributed by atoms with E-state index < -0.39 is 122 Å². The Balaban J connectivity index is 1.14. The van der Waals surface area contributed by atoms with Gasteiger partial charge in [0.25, 0.3) is 0 Å². The lowest BCUT2D eigenvalue weighted by molar-refractivity contribution is -0.301. The number of hydrogen-bond acceptors (Lipinski definition) is 24. The second-order valence-electron chi connectivity index (χ2n) is 18.9. The number of carbonyl (C=O) groups is 7. The summed E-state index contributed by atoms with van der Waals surface area (Å²) in [6, 6.07) is -2.09. The van der Waals surface area contributed by atoms with Crippen LogP contribution in [0.1, 0.15) is 95.4 Å². The number of aliphatic hydroxyl groups is 8. The third-order valence-electron chi connectivity index (χ3n) is 12.6. The molecular weight excluding hydrogens is 1050 g/mol. The molecule has 79 heavy (non-hydrogen) atoms. The lowest BCUT2D eigenvalue weighted by atomic mass is 9.99. The Morgan fingerprint density at radius 2 is 1.00 bits per heavy atom. The third-order valence-corrected chi connectivity index (χ3v) is 12.6. The van der Waals surface area contributed by atoms with Crippen LogP contribution in [0.25, 0.3) is 0 Å². The number of amides is 7. The zero-order valence-corrected chi connectivity index (χ0v) is 44.0. The van der Waals surface area contributed by atoms with Gasteiger partial charge in [-0.25, -0.2) is 15.2 Å². The van der Waals surface area contributed by atoms with Gasteiger partial charge in [0.05, 0.1) is 65.0 Å². The molecule has 2 unspecified atom stereocenters. The van der Waals surface area contributed by atoms with Gasteiger partial charge in [-0.1, -0.05) is 23.3 Å². The van der Waals surface area contributed by atoms with E-state index in [1.165, 1.54) is 28.7 Å². The molecule has 0 aliphatic carbocycles. The Kier molecular flexibility index (Phi) is 29.0. The largest absolute Gasteiger partial charge is 0.394 e. The summed E-state index contributed by atoms with van der Waals surface area (Å²) in [7, 11) is 0. The average molecular weight is 1130 g/mol. The van der Waals surface area contributed by atoms with E-state index in [1.54, 1.807) is 0 Å². The van der Waals surface area contributed by atoms with Gasteiger partial charge in [-0.3, -0.25) is 39.0 Å². The van der Waals surface area contributed by atoms with Crippen LogP contribution in [0.15, 0.2) is 12.4 Å². The first kappa shape index (κ1) is 65.6. The van der Waals surface area contributed by atoms with Gasteiger partial charge in [0.1, 0.15) is 72.3 Å². The molecule has 0 saturated carbocycles. The summed E-state index contributed by atoms with van der Waals surface area (Å²) in [6.45, 7) is 0.576. The van der Waals surface area contributed by atoms with Gasteiger partial charge in [-0.15, -0.1) is 10.2 Å². The average Bonchev–Trinajstić information content (AvgIpc) is 4.12. The van der Waals surface area contributed by atoms with Crippen molar-refractivity contribution < 1.29 is 93.4 Å². The van der Waals surface area contributed by atoms with Gasteiger partial charge in [0.15, 0.2) is 12.6 Å². The number of nitrogens with two attached hydrogens (primary N) is 1. The number of rotatable bonds is 36. The highest BCUT2D eigenvalue weighted by atomic mass is 16.7. The van der Waals surface area contributed by atoms with Gasteiger partial charge in [-0.2, -0.15) is 0 Å². The molecule has 4 rings (SSSR count). The topological polar surface area (TPSA) is 490 Å². The van der Waals surface area contributed by atoms with E-state index in [4.69, 9.17) is 24.8 Å². The molecule has 12 atom stereocenters. The Bertz CT molecular complexity index is 2210. The SMILES string of the molecule is CC(=O)NC(CCC(=O)NCc1cn(CCO[C@H]2O[C@H](CO)[C@@H](O)[C@H](O)[C@@H]2O)nn1)C(=O)NCCCCCC(=O)NC(CCC(=O)NCc1cn(CCO[C@H]2O[C@H](CO)[C@@H](O)[C@H](O)[C@@H]2O)nn1)C(=O)NCCCCCC(=O)NN. The van der Waals surface area contributed by atoms with Crippen LogP contribution in [0.4, 0.5) is 0 Å². The molecule has 2 aromatic heterocycles. The highest BCUT2D eigenvalue weighted by Gasteiger charge is 2.45. The number of nitrogens with zero attached hydrogens (tertiary/aromatic N) is 6. The molecule has 7 amide bonds. The van der Waals surface area contributed by atoms with Gasteiger partial charge in [0, 0.05) is 45.7 Å². The lowest BCUT2D eigenvalue weighted by Crippen LogP contribution is -2.59. The molecule has 33 heteroatoms. The van der Waals surface area contributed by atoms with Crippen molar-refractivity contribution in [1.82, 2.24) is 67.3 Å². The molecule has 0 radical (unpaired) electrons. The molecule has 2 aliphatic rings. The number of hydrazine groups is 1. The fourth-order valence-corrected chi connectivity index (χ4v) is 8.06. The van der Waals surface area contributed by atoms with Crippen molar-refractivity contribution in [1.29, 1.82) is 0 Å². The fourth-order valence-electron chi connectivity index (χ4n) is 8.06. The van der Waals surface area contributed by atoms with Crippen LogP contribution in [-0.2, 0) is 78.7 Å². The van der Waals surface area contributed by atoms with Crippen LogP contribution in [0, 0.1) is 0 Å². The number of aliphatic hydroxyl groups excluding tert-OH is 8. The highest BCUT2D eigenvalue weighted by molar-refractivity contribution is 5.89. The maximum Gasteiger partial charge on any atom is 0.242 e. The summed E-state index contributed by atoms with van der Waals surface area (Å²) < 4.78 is 24.3. The molecule has 2 fully saturated rings. The van der Waals surface area contributed by atoms with Crippen molar-refractivity contribution in [2.45, 2.75) is 184 Å². The molecule has 0 aromatic carbocycles. The molecule has 33 nitrogen and oxygen atoms in total. The van der Waals surface area contributed by atoms with Gasteiger partial charge in [-0.05, 0) is 38.5 Å². The maximum atomic E-state index is 13.3. The molecule has 2 saturated heterocycles. The number of unbranched alkanes of at least 4 members (excludes halogenated alkanes) is 4. The molecule has 0 spiro atoms. The monoisotopic (exact) mass is 1130 g/mol. The zero-order chi connectivity index (χ0) is 57.9. The maximum absolute atomic E-state index is 13.3. The van der Waals surface area contributed by atoms with E-state index in [2.05, 4.69) is 58.0 Å². The predicted molar refractivity (Wildman–Crippen MR) is 266 cm³/mol. The van der Waals surface area contributed by atoms with Gasteiger partial charge in [0.2, 0.25) is 41.4 Å².